The molecular formula is C17H24N2O3. The Labute approximate surface area is 131 Å². The minimum absolute atomic E-state index is 0.149. The Hall–Kier alpha value is -1.88. The first-order chi connectivity index (χ1) is 10.5. The summed E-state index contributed by atoms with van der Waals surface area (Å²) in [6, 6.07) is 5.51. The van der Waals surface area contributed by atoms with Crippen molar-refractivity contribution in [1.82, 2.24) is 5.32 Å². The van der Waals surface area contributed by atoms with E-state index in [2.05, 4.69) is 5.32 Å². The molecule has 2 amide bonds. The van der Waals surface area contributed by atoms with Crippen molar-refractivity contribution in [2.45, 2.75) is 39.2 Å². The predicted molar refractivity (Wildman–Crippen MR) is 84.5 cm³/mol. The predicted octanol–water partition coefficient (Wildman–Crippen LogP) is 1.70. The molecule has 1 aromatic carbocycles. The maximum atomic E-state index is 12.5. The van der Waals surface area contributed by atoms with E-state index in [9.17, 15) is 9.59 Å². The van der Waals surface area contributed by atoms with Crippen molar-refractivity contribution in [2.24, 2.45) is 11.7 Å². The second-order valence-corrected chi connectivity index (χ2v) is 6.08. The van der Waals surface area contributed by atoms with E-state index in [1.165, 1.54) is 0 Å². The summed E-state index contributed by atoms with van der Waals surface area (Å²) in [5.74, 6) is -0.308. The van der Waals surface area contributed by atoms with Gasteiger partial charge in [0, 0.05) is 31.2 Å². The molecule has 0 saturated carbocycles. The number of rotatable bonds is 5. The van der Waals surface area contributed by atoms with Crippen LogP contribution in [0.25, 0.3) is 0 Å². The number of amides is 2. The molecule has 1 aromatic rings. The quantitative estimate of drug-likeness (QED) is 0.869. The van der Waals surface area contributed by atoms with E-state index >= 15 is 0 Å². The van der Waals surface area contributed by atoms with Gasteiger partial charge in [-0.15, -0.1) is 0 Å². The Morgan fingerprint density at radius 2 is 1.82 bits per heavy atom. The summed E-state index contributed by atoms with van der Waals surface area (Å²) in [7, 11) is 0. The Bertz CT molecular complexity index is 531. The molecule has 22 heavy (non-hydrogen) atoms. The zero-order valence-corrected chi connectivity index (χ0v) is 13.2. The minimum Gasteiger partial charge on any atom is -0.381 e. The largest absolute Gasteiger partial charge is 0.381 e. The lowest BCUT2D eigenvalue weighted by molar-refractivity contribution is -0.118. The lowest BCUT2D eigenvalue weighted by Gasteiger charge is -2.30. The van der Waals surface area contributed by atoms with Gasteiger partial charge in [0.2, 0.25) is 5.91 Å². The van der Waals surface area contributed by atoms with Gasteiger partial charge in [-0.1, -0.05) is 17.2 Å². The molecule has 1 atom stereocenters. The molecule has 0 spiro atoms. The molecule has 1 aliphatic rings. The Morgan fingerprint density at radius 3 is 2.36 bits per heavy atom. The summed E-state index contributed by atoms with van der Waals surface area (Å²) < 4.78 is 5.35. The van der Waals surface area contributed by atoms with Gasteiger partial charge in [-0.2, -0.15) is 0 Å². The Kier molecular flexibility index (Phi) is 5.55. The number of hydrogen-bond acceptors (Lipinski definition) is 3. The number of primary amides is 1. The third-order valence-electron chi connectivity index (χ3n) is 4.06. The summed E-state index contributed by atoms with van der Waals surface area (Å²) >= 11 is 0. The first-order valence-electron chi connectivity index (χ1n) is 7.71. The van der Waals surface area contributed by atoms with Gasteiger partial charge in [0.25, 0.3) is 5.91 Å². The highest BCUT2D eigenvalue weighted by Gasteiger charge is 2.27. The lowest BCUT2D eigenvalue weighted by atomic mass is 9.89. The van der Waals surface area contributed by atoms with E-state index in [0.29, 0.717) is 18.8 Å². The van der Waals surface area contributed by atoms with E-state index in [4.69, 9.17) is 10.5 Å². The summed E-state index contributed by atoms with van der Waals surface area (Å²) in [5.41, 5.74) is 8.05. The molecule has 0 radical (unpaired) electrons. The number of ether oxygens (including phenoxy) is 1. The van der Waals surface area contributed by atoms with Crippen LogP contribution in [0.1, 0.15) is 40.7 Å². The number of nitrogens with two attached hydrogens (primary N) is 1. The summed E-state index contributed by atoms with van der Waals surface area (Å²) in [6.45, 7) is 5.25. The average Bonchev–Trinajstić information content (AvgIpc) is 2.46. The molecule has 1 fully saturated rings. The van der Waals surface area contributed by atoms with Crippen LogP contribution in [0.15, 0.2) is 18.2 Å². The molecule has 1 unspecified atom stereocenters. The van der Waals surface area contributed by atoms with E-state index < -0.39 is 5.91 Å². The minimum atomic E-state index is -0.391. The Balaban J connectivity index is 2.11. The van der Waals surface area contributed by atoms with Crippen LogP contribution in [0.3, 0.4) is 0 Å². The molecule has 1 aliphatic heterocycles. The fraction of sp³-hybridized carbons (Fsp3) is 0.529. The number of aryl methyl sites for hydroxylation is 2. The molecule has 0 bridgehead atoms. The maximum absolute atomic E-state index is 12.5. The van der Waals surface area contributed by atoms with Crippen LogP contribution in [-0.2, 0) is 9.53 Å². The Morgan fingerprint density at radius 1 is 1.23 bits per heavy atom. The van der Waals surface area contributed by atoms with Crippen molar-refractivity contribution >= 4 is 11.8 Å². The number of benzene rings is 1. The average molecular weight is 304 g/mol. The molecule has 3 N–H and O–H groups in total. The van der Waals surface area contributed by atoms with Gasteiger partial charge in [-0.05, 0) is 44.7 Å². The third kappa shape index (κ3) is 4.56. The normalized spacial score (nSPS) is 17.0. The second kappa shape index (κ2) is 7.40. The molecule has 0 aliphatic carbocycles. The van der Waals surface area contributed by atoms with Crippen molar-refractivity contribution in [3.63, 3.8) is 0 Å². The zero-order chi connectivity index (χ0) is 16.1. The number of carbonyl (C=O) groups is 2. The second-order valence-electron chi connectivity index (χ2n) is 6.08. The number of hydrogen-bond donors (Lipinski definition) is 2. The van der Waals surface area contributed by atoms with Gasteiger partial charge >= 0.3 is 0 Å². The monoisotopic (exact) mass is 304 g/mol. The van der Waals surface area contributed by atoms with E-state index in [1.54, 1.807) is 0 Å². The highest BCUT2D eigenvalue weighted by atomic mass is 16.5. The van der Waals surface area contributed by atoms with E-state index in [-0.39, 0.29) is 24.3 Å². The lowest BCUT2D eigenvalue weighted by Crippen LogP contribution is -2.44. The molecule has 1 heterocycles. The van der Waals surface area contributed by atoms with E-state index in [0.717, 1.165) is 24.0 Å². The van der Waals surface area contributed by atoms with Crippen molar-refractivity contribution in [1.29, 1.82) is 0 Å². The van der Waals surface area contributed by atoms with Gasteiger partial charge < -0.3 is 15.8 Å². The zero-order valence-electron chi connectivity index (χ0n) is 13.2. The van der Waals surface area contributed by atoms with Crippen molar-refractivity contribution < 1.29 is 14.3 Å². The van der Waals surface area contributed by atoms with Crippen molar-refractivity contribution in [3.8, 4) is 0 Å². The van der Waals surface area contributed by atoms with Gasteiger partial charge in [-0.3, -0.25) is 9.59 Å². The van der Waals surface area contributed by atoms with E-state index in [1.807, 2.05) is 32.0 Å². The van der Waals surface area contributed by atoms with Crippen LogP contribution in [0.4, 0.5) is 0 Å². The SMILES string of the molecule is Cc1cc(C)cc(C(=O)NC(CC(N)=O)C2CCOCC2)c1. The topological polar surface area (TPSA) is 81.4 Å². The first kappa shape index (κ1) is 16.5. The molecule has 1 saturated heterocycles. The number of carbonyl (C=O) groups excluding carboxylic acids is 2. The van der Waals surface area contributed by atoms with Crippen molar-refractivity contribution in [3.05, 3.63) is 34.9 Å². The van der Waals surface area contributed by atoms with Gasteiger partial charge in [0.05, 0.1) is 0 Å². The maximum Gasteiger partial charge on any atom is 0.251 e. The van der Waals surface area contributed by atoms with Crippen LogP contribution in [-0.4, -0.2) is 31.1 Å². The summed E-state index contributed by atoms with van der Waals surface area (Å²) in [6.07, 6.45) is 1.84. The fourth-order valence-electron chi connectivity index (χ4n) is 3.03. The van der Waals surface area contributed by atoms with Gasteiger partial charge in [0.15, 0.2) is 0 Å². The van der Waals surface area contributed by atoms with Crippen LogP contribution in [0, 0.1) is 19.8 Å². The molecule has 120 valence electrons. The van der Waals surface area contributed by atoms with Crippen LogP contribution in [0.2, 0.25) is 0 Å². The molecule has 2 rings (SSSR count). The number of nitrogens with one attached hydrogen (secondary N) is 1. The highest BCUT2D eigenvalue weighted by Crippen LogP contribution is 2.21. The fourth-order valence-corrected chi connectivity index (χ4v) is 3.03. The molecule has 5 heteroatoms. The first-order valence-corrected chi connectivity index (χ1v) is 7.71. The van der Waals surface area contributed by atoms with Crippen LogP contribution >= 0.6 is 0 Å². The standard InChI is InChI=1S/C17H24N2O3/c1-11-7-12(2)9-14(8-11)17(21)19-15(10-16(18)20)13-3-5-22-6-4-13/h7-9,13,15H,3-6,10H2,1-2H3,(H2,18,20)(H,19,21). The highest BCUT2D eigenvalue weighted by molar-refractivity contribution is 5.95. The third-order valence-corrected chi connectivity index (χ3v) is 4.06. The molecule has 0 aromatic heterocycles. The van der Waals surface area contributed by atoms with Crippen molar-refractivity contribution in [2.75, 3.05) is 13.2 Å². The van der Waals surface area contributed by atoms with Gasteiger partial charge in [0.1, 0.15) is 0 Å². The smallest absolute Gasteiger partial charge is 0.251 e. The summed E-state index contributed by atoms with van der Waals surface area (Å²) in [5, 5.41) is 2.99. The molecular weight excluding hydrogens is 280 g/mol. The van der Waals surface area contributed by atoms with Crippen LogP contribution in [0.5, 0.6) is 0 Å². The summed E-state index contributed by atoms with van der Waals surface area (Å²) in [4.78, 5) is 23.8. The van der Waals surface area contributed by atoms with Crippen LogP contribution < -0.4 is 11.1 Å². The van der Waals surface area contributed by atoms with Gasteiger partial charge in [-0.25, -0.2) is 0 Å². The molecule has 5 nitrogen and oxygen atoms in total.